The lowest BCUT2D eigenvalue weighted by molar-refractivity contribution is 1.24. The average molecular weight is 187 g/mol. The third-order valence-corrected chi connectivity index (χ3v) is 2.54. The van der Waals surface area contributed by atoms with Gasteiger partial charge < -0.3 is 11.5 Å². The predicted molar refractivity (Wildman–Crippen MR) is 60.0 cm³/mol. The van der Waals surface area contributed by atoms with Gasteiger partial charge in [-0.25, -0.2) is 4.98 Å². The molecule has 72 valence electrons. The topological polar surface area (TPSA) is 64.9 Å². The van der Waals surface area contributed by atoms with Crippen molar-refractivity contribution in [2.24, 2.45) is 0 Å². The molecular formula is C11H13N3. The summed E-state index contributed by atoms with van der Waals surface area (Å²) in [5, 5.41) is 1.04. The summed E-state index contributed by atoms with van der Waals surface area (Å²) in [6.07, 6.45) is 0. The first-order chi connectivity index (χ1) is 6.61. The van der Waals surface area contributed by atoms with Gasteiger partial charge in [-0.15, -0.1) is 0 Å². The lowest BCUT2D eigenvalue weighted by Gasteiger charge is -2.09. The molecular weight excluding hydrogens is 174 g/mol. The van der Waals surface area contributed by atoms with Crippen LogP contribution in [0.1, 0.15) is 11.3 Å². The van der Waals surface area contributed by atoms with Gasteiger partial charge in [-0.2, -0.15) is 0 Å². The van der Waals surface area contributed by atoms with Crippen LogP contribution in [0.4, 0.5) is 11.4 Å². The summed E-state index contributed by atoms with van der Waals surface area (Å²) in [6, 6.07) is 5.76. The first kappa shape index (κ1) is 8.81. The number of nitrogens with two attached hydrogens (primary N) is 2. The highest BCUT2D eigenvalue weighted by Gasteiger charge is 2.07. The maximum atomic E-state index is 5.89. The highest BCUT2D eigenvalue weighted by molar-refractivity contribution is 5.94. The minimum absolute atomic E-state index is 0.703. The minimum atomic E-state index is 0.703. The number of aryl methyl sites for hydroxylation is 2. The Balaban J connectivity index is 2.98. The molecule has 0 fully saturated rings. The molecule has 0 aliphatic heterocycles. The van der Waals surface area contributed by atoms with Crippen LogP contribution in [0.15, 0.2) is 18.2 Å². The third kappa shape index (κ3) is 1.09. The van der Waals surface area contributed by atoms with E-state index in [0.29, 0.717) is 5.69 Å². The van der Waals surface area contributed by atoms with Gasteiger partial charge in [0, 0.05) is 5.39 Å². The van der Waals surface area contributed by atoms with E-state index in [1.165, 1.54) is 0 Å². The number of rotatable bonds is 0. The SMILES string of the molecule is Cc1nc2c(N)cccc2c(C)c1N. The molecule has 2 rings (SSSR count). The number of fused-ring (bicyclic) bond motifs is 1. The van der Waals surface area contributed by atoms with Gasteiger partial charge in [0.15, 0.2) is 0 Å². The third-order valence-electron chi connectivity index (χ3n) is 2.54. The summed E-state index contributed by atoms with van der Waals surface area (Å²) in [4.78, 5) is 4.39. The quantitative estimate of drug-likeness (QED) is 0.620. The van der Waals surface area contributed by atoms with E-state index in [9.17, 15) is 0 Å². The molecule has 0 unspecified atom stereocenters. The van der Waals surface area contributed by atoms with E-state index in [0.717, 1.165) is 27.8 Å². The van der Waals surface area contributed by atoms with Crippen LogP contribution < -0.4 is 11.5 Å². The molecule has 4 N–H and O–H groups in total. The van der Waals surface area contributed by atoms with E-state index >= 15 is 0 Å². The second-order valence-electron chi connectivity index (χ2n) is 3.48. The fourth-order valence-corrected chi connectivity index (χ4v) is 1.63. The highest BCUT2D eigenvalue weighted by atomic mass is 14.8. The Morgan fingerprint density at radius 2 is 1.86 bits per heavy atom. The number of nitrogens with zero attached hydrogens (tertiary/aromatic N) is 1. The van der Waals surface area contributed by atoms with Crippen molar-refractivity contribution >= 4 is 22.3 Å². The van der Waals surface area contributed by atoms with E-state index in [2.05, 4.69) is 4.98 Å². The van der Waals surface area contributed by atoms with Crippen molar-refractivity contribution in [1.29, 1.82) is 0 Å². The van der Waals surface area contributed by atoms with Crippen molar-refractivity contribution in [2.45, 2.75) is 13.8 Å². The van der Waals surface area contributed by atoms with Crippen LogP contribution in [0.3, 0.4) is 0 Å². The van der Waals surface area contributed by atoms with Crippen LogP contribution in [0, 0.1) is 13.8 Å². The normalized spacial score (nSPS) is 10.7. The maximum absolute atomic E-state index is 5.89. The van der Waals surface area contributed by atoms with Gasteiger partial charge in [0.2, 0.25) is 0 Å². The molecule has 3 heteroatoms. The van der Waals surface area contributed by atoms with Crippen molar-refractivity contribution in [1.82, 2.24) is 4.98 Å². The molecule has 0 amide bonds. The molecule has 3 nitrogen and oxygen atoms in total. The summed E-state index contributed by atoms with van der Waals surface area (Å²) >= 11 is 0. The van der Waals surface area contributed by atoms with Gasteiger partial charge >= 0.3 is 0 Å². The van der Waals surface area contributed by atoms with Crippen molar-refractivity contribution in [3.05, 3.63) is 29.5 Å². The lowest BCUT2D eigenvalue weighted by atomic mass is 10.1. The zero-order valence-electron chi connectivity index (χ0n) is 8.33. The van der Waals surface area contributed by atoms with Crippen molar-refractivity contribution < 1.29 is 0 Å². The largest absolute Gasteiger partial charge is 0.397 e. The lowest BCUT2D eigenvalue weighted by Crippen LogP contribution is -1.99. The molecule has 0 atom stereocenters. The van der Waals surface area contributed by atoms with Gasteiger partial charge in [0.25, 0.3) is 0 Å². The van der Waals surface area contributed by atoms with E-state index in [4.69, 9.17) is 11.5 Å². The zero-order chi connectivity index (χ0) is 10.3. The van der Waals surface area contributed by atoms with Gasteiger partial charge in [-0.05, 0) is 25.5 Å². The summed E-state index contributed by atoms with van der Waals surface area (Å²) < 4.78 is 0. The van der Waals surface area contributed by atoms with Gasteiger partial charge in [-0.1, -0.05) is 12.1 Å². The van der Waals surface area contributed by atoms with Crippen LogP contribution in [-0.4, -0.2) is 4.98 Å². The van der Waals surface area contributed by atoms with Crippen LogP contribution in [0.25, 0.3) is 10.9 Å². The Hall–Kier alpha value is -1.77. The standard InChI is InChI=1S/C11H13N3/c1-6-8-4-3-5-9(12)11(8)14-7(2)10(6)13/h3-5H,12-13H2,1-2H3. The first-order valence-corrected chi connectivity index (χ1v) is 4.52. The van der Waals surface area contributed by atoms with Crippen LogP contribution in [-0.2, 0) is 0 Å². The number of anilines is 2. The monoisotopic (exact) mass is 187 g/mol. The summed E-state index contributed by atoms with van der Waals surface area (Å²) in [7, 11) is 0. The van der Waals surface area contributed by atoms with Crippen molar-refractivity contribution in [3.63, 3.8) is 0 Å². The zero-order valence-corrected chi connectivity index (χ0v) is 8.33. The molecule has 0 spiro atoms. The van der Waals surface area contributed by atoms with E-state index in [-0.39, 0.29) is 0 Å². The molecule has 0 saturated heterocycles. The van der Waals surface area contributed by atoms with Crippen molar-refractivity contribution in [2.75, 3.05) is 11.5 Å². The molecule has 0 bridgehead atoms. The molecule has 0 saturated carbocycles. The average Bonchev–Trinajstić information content (AvgIpc) is 2.17. The summed E-state index contributed by atoms with van der Waals surface area (Å²) in [6.45, 7) is 3.89. The van der Waals surface area contributed by atoms with Crippen LogP contribution in [0.5, 0.6) is 0 Å². The molecule has 1 aromatic heterocycles. The number of nitrogen functional groups attached to an aromatic ring is 2. The number of pyridine rings is 1. The second-order valence-corrected chi connectivity index (χ2v) is 3.48. The van der Waals surface area contributed by atoms with E-state index < -0.39 is 0 Å². The van der Waals surface area contributed by atoms with Gasteiger partial charge in [0.1, 0.15) is 0 Å². The Kier molecular flexibility index (Phi) is 1.81. The second kappa shape index (κ2) is 2.87. The Morgan fingerprint density at radius 1 is 1.14 bits per heavy atom. The van der Waals surface area contributed by atoms with Gasteiger partial charge in [-0.3, -0.25) is 0 Å². The summed E-state index contributed by atoms with van der Waals surface area (Å²) in [5.41, 5.74) is 15.9. The Bertz CT molecular complexity index is 503. The van der Waals surface area contributed by atoms with Crippen LogP contribution >= 0.6 is 0 Å². The Morgan fingerprint density at radius 3 is 2.57 bits per heavy atom. The number of para-hydroxylation sites is 1. The molecule has 0 aliphatic rings. The Labute approximate surface area is 82.7 Å². The first-order valence-electron chi connectivity index (χ1n) is 4.52. The predicted octanol–water partition coefficient (Wildman–Crippen LogP) is 2.02. The fraction of sp³-hybridized carbons (Fsp3) is 0.182. The molecule has 1 aromatic carbocycles. The number of aromatic nitrogens is 1. The van der Waals surface area contributed by atoms with E-state index in [1.54, 1.807) is 0 Å². The number of hydrogen-bond acceptors (Lipinski definition) is 3. The van der Waals surface area contributed by atoms with Gasteiger partial charge in [0.05, 0.1) is 22.6 Å². The highest BCUT2D eigenvalue weighted by Crippen LogP contribution is 2.27. The maximum Gasteiger partial charge on any atom is 0.0938 e. The number of benzene rings is 1. The van der Waals surface area contributed by atoms with Crippen LogP contribution in [0.2, 0.25) is 0 Å². The molecule has 2 aromatic rings. The number of hydrogen-bond donors (Lipinski definition) is 2. The van der Waals surface area contributed by atoms with E-state index in [1.807, 2.05) is 32.0 Å². The molecule has 0 aliphatic carbocycles. The minimum Gasteiger partial charge on any atom is -0.397 e. The van der Waals surface area contributed by atoms with Crippen molar-refractivity contribution in [3.8, 4) is 0 Å². The smallest absolute Gasteiger partial charge is 0.0938 e. The molecule has 0 radical (unpaired) electrons. The molecule has 14 heavy (non-hydrogen) atoms. The fourth-order valence-electron chi connectivity index (χ4n) is 1.63. The molecule has 1 heterocycles. The summed E-state index contributed by atoms with van der Waals surface area (Å²) in [5.74, 6) is 0.